The molecule has 0 amide bonds. The summed E-state index contributed by atoms with van der Waals surface area (Å²) in [5.74, 6) is 0. The molecule has 0 saturated carbocycles. The van der Waals surface area contributed by atoms with Gasteiger partial charge in [0.05, 0.1) is 5.52 Å². The number of H-pyrrole nitrogens is 1. The second-order valence-electron chi connectivity index (χ2n) is 5.08. The number of aromatic nitrogens is 2. The second kappa shape index (κ2) is 4.32. The van der Waals surface area contributed by atoms with E-state index in [-0.39, 0.29) is 0 Å². The molecule has 0 bridgehead atoms. The molecule has 100 valence electrons. The van der Waals surface area contributed by atoms with Crippen molar-refractivity contribution in [1.82, 2.24) is 9.97 Å². The van der Waals surface area contributed by atoms with E-state index in [1.807, 2.05) is 36.7 Å². The fourth-order valence-electron chi connectivity index (χ4n) is 3.16. The molecule has 0 aliphatic carbocycles. The molecule has 2 heterocycles. The molecule has 0 fully saturated rings. The maximum atomic E-state index is 4.28. The minimum absolute atomic E-state index is 1.11. The molecule has 0 unspecified atom stereocenters. The summed E-state index contributed by atoms with van der Waals surface area (Å²) in [5.41, 5.74) is 4.47. The Labute approximate surface area is 122 Å². The fourth-order valence-corrected chi connectivity index (χ4v) is 3.16. The molecule has 0 spiro atoms. The highest BCUT2D eigenvalue weighted by atomic mass is 14.7. The molecular formula is C19H14N2. The van der Waals surface area contributed by atoms with Crippen molar-refractivity contribution in [3.63, 3.8) is 0 Å². The van der Waals surface area contributed by atoms with Crippen molar-refractivity contribution in [3.05, 3.63) is 67.0 Å². The monoisotopic (exact) mass is 270 g/mol. The van der Waals surface area contributed by atoms with Crippen molar-refractivity contribution in [2.45, 2.75) is 0 Å². The van der Waals surface area contributed by atoms with Crippen molar-refractivity contribution in [1.29, 1.82) is 0 Å². The molecule has 2 aromatic carbocycles. The Bertz CT molecular complexity index is 1020. The van der Waals surface area contributed by atoms with Crippen LogP contribution in [0.4, 0.5) is 0 Å². The van der Waals surface area contributed by atoms with Gasteiger partial charge in [0.2, 0.25) is 0 Å². The Kier molecular flexibility index (Phi) is 2.45. The van der Waals surface area contributed by atoms with Crippen molar-refractivity contribution in [2.24, 2.45) is 0 Å². The van der Waals surface area contributed by atoms with E-state index < -0.39 is 0 Å². The van der Waals surface area contributed by atoms with Crippen LogP contribution in [0.3, 0.4) is 0 Å². The summed E-state index contributed by atoms with van der Waals surface area (Å²) >= 11 is 0. The minimum atomic E-state index is 1.11. The normalized spacial score (nSPS) is 11.2. The first-order chi connectivity index (χ1) is 10.3. The number of benzene rings is 2. The van der Waals surface area contributed by atoms with Crippen LogP contribution < -0.4 is 0 Å². The summed E-state index contributed by atoms with van der Waals surface area (Å²) in [6.45, 7) is 8.00. The van der Waals surface area contributed by atoms with Crippen LogP contribution in [0.15, 0.2) is 55.9 Å². The van der Waals surface area contributed by atoms with E-state index in [2.05, 4.69) is 41.3 Å². The molecule has 4 aromatic rings. The van der Waals surface area contributed by atoms with Crippen LogP contribution in [-0.2, 0) is 0 Å². The Balaban J connectivity index is 2.43. The lowest BCUT2D eigenvalue weighted by Crippen LogP contribution is -1.87. The Morgan fingerprint density at radius 2 is 1.71 bits per heavy atom. The van der Waals surface area contributed by atoms with E-state index in [1.54, 1.807) is 0 Å². The third-order valence-corrected chi connectivity index (χ3v) is 4.05. The van der Waals surface area contributed by atoms with Crippen molar-refractivity contribution >= 4 is 44.7 Å². The number of pyridine rings is 1. The van der Waals surface area contributed by atoms with E-state index in [0.717, 1.165) is 32.9 Å². The summed E-state index contributed by atoms with van der Waals surface area (Å²) in [6.07, 6.45) is 7.55. The number of hydrogen-bond acceptors (Lipinski definition) is 1. The Hall–Kier alpha value is -2.87. The van der Waals surface area contributed by atoms with Gasteiger partial charge in [0.15, 0.2) is 0 Å². The lowest BCUT2D eigenvalue weighted by atomic mass is 9.95. The second-order valence-corrected chi connectivity index (χ2v) is 5.08. The molecule has 2 nitrogen and oxygen atoms in total. The summed E-state index contributed by atoms with van der Waals surface area (Å²) in [6, 6.07) is 10.4. The third kappa shape index (κ3) is 1.50. The number of hydrogen-bond donors (Lipinski definition) is 1. The van der Waals surface area contributed by atoms with Gasteiger partial charge < -0.3 is 4.98 Å². The maximum Gasteiger partial charge on any atom is 0.0550 e. The molecule has 2 heteroatoms. The van der Waals surface area contributed by atoms with Crippen molar-refractivity contribution < 1.29 is 0 Å². The van der Waals surface area contributed by atoms with Gasteiger partial charge in [-0.2, -0.15) is 0 Å². The summed E-state index contributed by atoms with van der Waals surface area (Å²) < 4.78 is 0. The first kappa shape index (κ1) is 11.9. The topological polar surface area (TPSA) is 28.7 Å². The largest absolute Gasteiger partial charge is 0.354 e. The average Bonchev–Trinajstić information content (AvgIpc) is 2.91. The lowest BCUT2D eigenvalue weighted by molar-refractivity contribution is 1.36. The van der Waals surface area contributed by atoms with Crippen LogP contribution in [0, 0.1) is 0 Å². The molecule has 0 saturated heterocycles. The molecule has 0 radical (unpaired) electrons. The fraction of sp³-hybridized carbons (Fsp3) is 0. The van der Waals surface area contributed by atoms with Gasteiger partial charge in [0, 0.05) is 39.6 Å². The van der Waals surface area contributed by atoms with Crippen molar-refractivity contribution in [3.8, 4) is 0 Å². The van der Waals surface area contributed by atoms with Gasteiger partial charge in [-0.25, -0.2) is 0 Å². The predicted octanol–water partition coefficient (Wildman–Crippen LogP) is 5.16. The minimum Gasteiger partial charge on any atom is -0.354 e. The van der Waals surface area contributed by atoms with E-state index >= 15 is 0 Å². The number of aromatic amines is 1. The number of para-hydroxylation sites is 1. The maximum absolute atomic E-state index is 4.28. The molecular weight excluding hydrogens is 256 g/mol. The van der Waals surface area contributed by atoms with Crippen LogP contribution in [0.25, 0.3) is 44.7 Å². The Morgan fingerprint density at radius 1 is 0.905 bits per heavy atom. The number of fused-ring (bicyclic) bond motifs is 4. The highest BCUT2D eigenvalue weighted by Crippen LogP contribution is 2.37. The smallest absolute Gasteiger partial charge is 0.0550 e. The first-order valence-electron chi connectivity index (χ1n) is 6.90. The predicted molar refractivity (Wildman–Crippen MR) is 91.3 cm³/mol. The van der Waals surface area contributed by atoms with E-state index in [9.17, 15) is 0 Å². The number of nitrogens with zero attached hydrogens (tertiary/aromatic N) is 1. The van der Waals surface area contributed by atoms with Crippen LogP contribution >= 0.6 is 0 Å². The van der Waals surface area contributed by atoms with Gasteiger partial charge in [-0.3, -0.25) is 4.98 Å². The van der Waals surface area contributed by atoms with Gasteiger partial charge in [0.25, 0.3) is 0 Å². The third-order valence-electron chi connectivity index (χ3n) is 4.05. The van der Waals surface area contributed by atoms with Crippen LogP contribution in [-0.4, -0.2) is 9.97 Å². The number of rotatable bonds is 2. The standard InChI is InChI=1S/C19H14N2/c1-3-12-16-11-20-10-9-14(16)13(4-2)19-18(12)15-7-5-6-8-17(15)21-19/h3-11,21H,1-2H2. The SMILES string of the molecule is C=Cc1c2ccncc2c(C=C)c2c1[nH]c1ccccc12. The first-order valence-corrected chi connectivity index (χ1v) is 6.90. The van der Waals surface area contributed by atoms with Gasteiger partial charge in [0.1, 0.15) is 0 Å². The van der Waals surface area contributed by atoms with Gasteiger partial charge in [-0.05, 0) is 23.1 Å². The van der Waals surface area contributed by atoms with Crippen LogP contribution in [0.5, 0.6) is 0 Å². The molecule has 2 aromatic heterocycles. The van der Waals surface area contributed by atoms with Gasteiger partial charge in [-0.15, -0.1) is 0 Å². The molecule has 0 atom stereocenters. The van der Waals surface area contributed by atoms with E-state index in [0.29, 0.717) is 0 Å². The van der Waals surface area contributed by atoms with Gasteiger partial charge >= 0.3 is 0 Å². The highest BCUT2D eigenvalue weighted by molar-refractivity contribution is 6.20. The quantitative estimate of drug-likeness (QED) is 0.535. The van der Waals surface area contributed by atoms with Gasteiger partial charge in [-0.1, -0.05) is 43.5 Å². The number of nitrogens with one attached hydrogen (secondary N) is 1. The lowest BCUT2D eigenvalue weighted by Gasteiger charge is -2.09. The zero-order valence-electron chi connectivity index (χ0n) is 11.6. The summed E-state index contributed by atoms with van der Waals surface area (Å²) in [4.78, 5) is 7.80. The van der Waals surface area contributed by atoms with Crippen molar-refractivity contribution in [2.75, 3.05) is 0 Å². The van der Waals surface area contributed by atoms with E-state index in [1.165, 1.54) is 10.8 Å². The summed E-state index contributed by atoms with van der Waals surface area (Å²) in [7, 11) is 0. The average molecular weight is 270 g/mol. The molecule has 0 aliphatic heterocycles. The molecule has 0 aliphatic rings. The van der Waals surface area contributed by atoms with Crippen LogP contribution in [0.2, 0.25) is 0 Å². The summed E-state index contributed by atoms with van der Waals surface area (Å²) in [5, 5.41) is 4.65. The zero-order chi connectivity index (χ0) is 14.4. The molecule has 1 N–H and O–H groups in total. The van der Waals surface area contributed by atoms with E-state index in [4.69, 9.17) is 0 Å². The highest BCUT2D eigenvalue weighted by Gasteiger charge is 2.14. The zero-order valence-corrected chi connectivity index (χ0v) is 11.6. The Morgan fingerprint density at radius 3 is 2.52 bits per heavy atom. The van der Waals surface area contributed by atoms with Crippen LogP contribution in [0.1, 0.15) is 11.1 Å². The molecule has 4 rings (SSSR count). The molecule has 21 heavy (non-hydrogen) atoms.